The van der Waals surface area contributed by atoms with Crippen LogP contribution in [0.3, 0.4) is 0 Å². The molecule has 0 unspecified atom stereocenters. The fourth-order valence-corrected chi connectivity index (χ4v) is 0. The van der Waals surface area contributed by atoms with E-state index in [9.17, 15) is 8.42 Å². The Hall–Kier alpha value is 0.334. The Kier molecular flexibility index (Phi) is 10.1. The molecule has 6 heteroatoms. The minimum atomic E-state index is -3.67. The topological polar surface area (TPSA) is 54.4 Å². The average Bonchev–Trinajstić information content (AvgIpc) is 0.722. The maximum Gasteiger partial charge on any atom is 0.261 e. The first-order valence-corrected chi connectivity index (χ1v) is 2.77. The molecule has 0 saturated heterocycles. The summed E-state index contributed by atoms with van der Waals surface area (Å²) in [6.45, 7) is 0. The normalized spacial score (nSPS) is 8.29. The van der Waals surface area contributed by atoms with Gasteiger partial charge in [-0.25, -0.2) is 0 Å². The molecule has 1 radical (unpaired) electrons. The smallest absolute Gasteiger partial charge is 0.261 e. The third kappa shape index (κ3) is 1070. The Balaban J connectivity index is -0.0000000800. The van der Waals surface area contributed by atoms with Gasteiger partial charge in [0.1, 0.15) is 0 Å². The van der Waals surface area contributed by atoms with E-state index in [1.807, 2.05) is 0 Å². The summed E-state index contributed by atoms with van der Waals surface area (Å²) in [6.07, 6.45) is 0.715. The summed E-state index contributed by atoms with van der Waals surface area (Å²) >= 11 is 0. The molecule has 0 aromatic heterocycles. The van der Waals surface area contributed by atoms with Crippen LogP contribution in [0.25, 0.3) is 0 Å². The van der Waals surface area contributed by atoms with E-state index in [0.717, 1.165) is 0 Å². The summed E-state index contributed by atoms with van der Waals surface area (Å²) in [5, 5.41) is 0. The Morgan fingerprint density at radius 1 is 1.43 bits per heavy atom. The monoisotopic (exact) mass is 173 g/mol. The zero-order chi connectivity index (χ0) is 4.50. The minimum Gasteiger partial charge on any atom is -0.286 e. The van der Waals surface area contributed by atoms with Gasteiger partial charge in [0.15, 0.2) is 0 Å². The standard InChI is InChI=1S/CH4O3S.F.Ni/c1-5(2,3)4;;/h1H3,(H,2,3,4);;. The summed E-state index contributed by atoms with van der Waals surface area (Å²) in [4.78, 5) is 0. The fraction of sp³-hybridized carbons (Fsp3) is 1.00. The summed E-state index contributed by atoms with van der Waals surface area (Å²) < 4.78 is 25.9. The van der Waals surface area contributed by atoms with Crippen LogP contribution in [0.5, 0.6) is 0 Å². The van der Waals surface area contributed by atoms with Crippen LogP contribution in [-0.2, 0) is 26.6 Å². The van der Waals surface area contributed by atoms with Gasteiger partial charge in [0.25, 0.3) is 10.1 Å². The van der Waals surface area contributed by atoms with Gasteiger partial charge in [-0.3, -0.25) is 4.55 Å². The van der Waals surface area contributed by atoms with E-state index in [0.29, 0.717) is 6.26 Å². The number of rotatable bonds is 0. The minimum absolute atomic E-state index is 0. The molecule has 0 aliphatic rings. The van der Waals surface area contributed by atoms with Crippen LogP contribution in [0.4, 0.5) is 4.70 Å². The third-order valence-electron chi connectivity index (χ3n) is 0. The molecule has 0 amide bonds. The second-order valence-corrected chi connectivity index (χ2v) is 2.20. The van der Waals surface area contributed by atoms with Crippen molar-refractivity contribution in [1.82, 2.24) is 0 Å². The van der Waals surface area contributed by atoms with Gasteiger partial charge in [-0.1, -0.05) is 0 Å². The average molecular weight is 174 g/mol. The summed E-state index contributed by atoms with van der Waals surface area (Å²) in [6, 6.07) is 0. The molecule has 0 bridgehead atoms. The largest absolute Gasteiger partial charge is 0.286 e. The van der Waals surface area contributed by atoms with E-state index in [-0.39, 0.29) is 21.2 Å². The van der Waals surface area contributed by atoms with Crippen molar-refractivity contribution in [2.45, 2.75) is 0 Å². The van der Waals surface area contributed by atoms with Crippen LogP contribution in [0.1, 0.15) is 0 Å². The SMILES string of the molecule is CS(=O)(=O)O.[F].[Ni]. The van der Waals surface area contributed by atoms with Crippen LogP contribution >= 0.6 is 0 Å². The molecular formula is CH4FNiO3S. The third-order valence-corrected chi connectivity index (χ3v) is 0. The maximum atomic E-state index is 9.19. The Labute approximate surface area is 51.1 Å². The molecule has 49 valence electrons. The van der Waals surface area contributed by atoms with Crippen molar-refractivity contribution in [3.8, 4) is 0 Å². The van der Waals surface area contributed by atoms with Gasteiger partial charge in [-0.2, -0.15) is 8.42 Å². The van der Waals surface area contributed by atoms with Gasteiger partial charge in [0.2, 0.25) is 0 Å². The van der Waals surface area contributed by atoms with Crippen LogP contribution in [-0.4, -0.2) is 19.2 Å². The van der Waals surface area contributed by atoms with Crippen LogP contribution < -0.4 is 0 Å². The number of hydrogen-bond acceptors (Lipinski definition) is 2. The molecular weight excluding hydrogens is 170 g/mol. The predicted octanol–water partition coefficient (Wildman–Crippen LogP) is -0.0783. The first-order valence-electron chi connectivity index (χ1n) is 0.924. The molecule has 0 heterocycles. The quantitative estimate of drug-likeness (QED) is 0.412. The van der Waals surface area contributed by atoms with Gasteiger partial charge >= 0.3 is 0 Å². The zero-order valence-corrected chi connectivity index (χ0v) is 5.17. The second kappa shape index (κ2) is 4.49. The Bertz CT molecular complexity index is 98.1. The van der Waals surface area contributed by atoms with Gasteiger partial charge in [0.05, 0.1) is 6.26 Å². The van der Waals surface area contributed by atoms with Crippen LogP contribution in [0.15, 0.2) is 0 Å². The molecule has 0 rings (SSSR count). The molecule has 7 heavy (non-hydrogen) atoms. The van der Waals surface area contributed by atoms with E-state index in [4.69, 9.17) is 4.55 Å². The van der Waals surface area contributed by atoms with Crippen molar-refractivity contribution in [2.24, 2.45) is 0 Å². The molecule has 0 aromatic rings. The molecule has 1 N–H and O–H groups in total. The van der Waals surface area contributed by atoms with Crippen molar-refractivity contribution in [2.75, 3.05) is 6.26 Å². The Morgan fingerprint density at radius 2 is 1.43 bits per heavy atom. The molecule has 0 aliphatic heterocycles. The fourth-order valence-electron chi connectivity index (χ4n) is 0. The summed E-state index contributed by atoms with van der Waals surface area (Å²) in [7, 11) is -3.67. The van der Waals surface area contributed by atoms with Crippen molar-refractivity contribution in [3.05, 3.63) is 0 Å². The van der Waals surface area contributed by atoms with Crippen molar-refractivity contribution >= 4 is 10.1 Å². The first-order chi connectivity index (χ1) is 2.00. The van der Waals surface area contributed by atoms with Gasteiger partial charge in [-0.15, -0.1) is 0 Å². The molecule has 0 atom stereocenters. The summed E-state index contributed by atoms with van der Waals surface area (Å²) in [5.41, 5.74) is 0. The molecule has 0 saturated carbocycles. The molecule has 0 aliphatic carbocycles. The molecule has 3 nitrogen and oxygen atoms in total. The van der Waals surface area contributed by atoms with E-state index in [1.165, 1.54) is 0 Å². The van der Waals surface area contributed by atoms with Gasteiger partial charge in [-0.05, 0) is 0 Å². The molecule has 0 spiro atoms. The van der Waals surface area contributed by atoms with Gasteiger partial charge in [0, 0.05) is 21.2 Å². The number of hydrogen-bond donors (Lipinski definition) is 1. The van der Waals surface area contributed by atoms with E-state index < -0.39 is 10.1 Å². The molecule has 0 fully saturated rings. The molecule has 0 aromatic carbocycles. The number of halogens is 1. The Morgan fingerprint density at radius 3 is 1.43 bits per heavy atom. The van der Waals surface area contributed by atoms with Crippen LogP contribution in [0, 0.1) is 0 Å². The van der Waals surface area contributed by atoms with E-state index in [2.05, 4.69) is 0 Å². The van der Waals surface area contributed by atoms with Crippen molar-refractivity contribution < 1.29 is 34.2 Å². The summed E-state index contributed by atoms with van der Waals surface area (Å²) in [5.74, 6) is 0. The van der Waals surface area contributed by atoms with Crippen molar-refractivity contribution in [3.63, 3.8) is 0 Å². The van der Waals surface area contributed by atoms with Crippen molar-refractivity contribution in [1.29, 1.82) is 0 Å². The van der Waals surface area contributed by atoms with E-state index >= 15 is 0 Å². The maximum absolute atomic E-state index is 9.19. The van der Waals surface area contributed by atoms with Crippen LogP contribution in [0.2, 0.25) is 0 Å². The zero-order valence-electron chi connectivity index (χ0n) is 3.37. The van der Waals surface area contributed by atoms with E-state index in [1.54, 1.807) is 0 Å². The predicted molar refractivity (Wildman–Crippen MR) is 18.6 cm³/mol. The first kappa shape index (κ1) is 15.7. The second-order valence-electron chi connectivity index (χ2n) is 0.733. The van der Waals surface area contributed by atoms with Gasteiger partial charge < -0.3 is 0 Å².